The molecule has 1 atom stereocenters. The molecule has 2 aromatic rings. The molecule has 104 valence electrons. The molecule has 0 aromatic heterocycles. The molecule has 0 fully saturated rings. The van der Waals surface area contributed by atoms with Crippen molar-refractivity contribution in [2.75, 3.05) is 11.9 Å². The third-order valence-electron chi connectivity index (χ3n) is 3.83. The highest BCUT2D eigenvalue weighted by atomic mass is 16.6. The largest absolute Gasteiger partial charge is 0.383 e. The first-order valence-electron chi connectivity index (χ1n) is 6.69. The van der Waals surface area contributed by atoms with Crippen LogP contribution in [0.25, 0.3) is 0 Å². The van der Waals surface area contributed by atoms with Crippen LogP contribution in [0.1, 0.15) is 22.6 Å². The second-order valence-electron chi connectivity index (χ2n) is 5.08. The van der Waals surface area contributed by atoms with Gasteiger partial charge in [0.15, 0.2) is 0 Å². The normalized spacial score (nSPS) is 15.5. The van der Waals surface area contributed by atoms with Crippen molar-refractivity contribution in [3.63, 3.8) is 0 Å². The Balaban J connectivity index is 1.72. The quantitative estimate of drug-likeness (QED) is 0.688. The maximum Gasteiger partial charge on any atom is 0.270 e. The maximum atomic E-state index is 10.7. The molecule has 21 heavy (non-hydrogen) atoms. The van der Waals surface area contributed by atoms with Gasteiger partial charge in [-0.05, 0) is 23.6 Å². The first-order valence-corrected chi connectivity index (χ1v) is 6.69. The van der Waals surface area contributed by atoms with E-state index in [2.05, 4.69) is 17.4 Å². The predicted octanol–water partition coefficient (Wildman–Crippen LogP) is 3.22. The number of non-ortho nitro benzene ring substituents is 1. The summed E-state index contributed by atoms with van der Waals surface area (Å²) < 4.78 is 0. The number of fused-ring (bicyclic) bond motifs is 1. The van der Waals surface area contributed by atoms with Gasteiger partial charge in [-0.1, -0.05) is 24.3 Å². The molecule has 0 aliphatic heterocycles. The first kappa shape index (κ1) is 13.1. The standard InChI is InChI=1S/C16H13N3O2/c17-9-12-8-14(19(20)21)5-6-16(12)18-10-13-7-11-3-1-2-4-15(11)13/h1-6,8,13,18H,7,10H2. The Labute approximate surface area is 122 Å². The second kappa shape index (κ2) is 5.25. The third kappa shape index (κ3) is 2.43. The van der Waals surface area contributed by atoms with E-state index in [0.29, 0.717) is 17.2 Å². The summed E-state index contributed by atoms with van der Waals surface area (Å²) in [6.07, 6.45) is 1.03. The number of anilines is 1. The lowest BCUT2D eigenvalue weighted by molar-refractivity contribution is -0.384. The van der Waals surface area contributed by atoms with Crippen molar-refractivity contribution < 1.29 is 4.92 Å². The summed E-state index contributed by atoms with van der Waals surface area (Å²) in [5, 5.41) is 23.0. The molecule has 0 saturated heterocycles. The average molecular weight is 279 g/mol. The Morgan fingerprint density at radius 2 is 2.14 bits per heavy atom. The SMILES string of the molecule is N#Cc1cc([N+](=O)[O-])ccc1NCC1Cc2ccccc21. The van der Waals surface area contributed by atoms with Gasteiger partial charge in [0.25, 0.3) is 5.69 Å². The van der Waals surface area contributed by atoms with Crippen LogP contribution in [0.5, 0.6) is 0 Å². The van der Waals surface area contributed by atoms with E-state index in [0.717, 1.165) is 13.0 Å². The number of benzene rings is 2. The number of rotatable bonds is 4. The van der Waals surface area contributed by atoms with Crippen molar-refractivity contribution in [3.05, 3.63) is 69.3 Å². The summed E-state index contributed by atoms with van der Waals surface area (Å²) in [5.74, 6) is 0.433. The van der Waals surface area contributed by atoms with Crippen LogP contribution in [0.3, 0.4) is 0 Å². The molecule has 3 rings (SSSR count). The van der Waals surface area contributed by atoms with Crippen LogP contribution in [0.15, 0.2) is 42.5 Å². The number of nitro groups is 1. The second-order valence-corrected chi connectivity index (χ2v) is 5.08. The van der Waals surface area contributed by atoms with E-state index in [9.17, 15) is 10.1 Å². The Hall–Kier alpha value is -2.87. The summed E-state index contributed by atoms with van der Waals surface area (Å²) in [6.45, 7) is 0.726. The van der Waals surface area contributed by atoms with E-state index >= 15 is 0 Å². The number of nitrogens with zero attached hydrogens (tertiary/aromatic N) is 2. The van der Waals surface area contributed by atoms with Crippen molar-refractivity contribution in [2.45, 2.75) is 12.3 Å². The van der Waals surface area contributed by atoms with Gasteiger partial charge in [0.05, 0.1) is 16.2 Å². The monoisotopic (exact) mass is 279 g/mol. The van der Waals surface area contributed by atoms with Crippen LogP contribution in [-0.4, -0.2) is 11.5 Å². The molecule has 0 spiro atoms. The van der Waals surface area contributed by atoms with E-state index < -0.39 is 4.92 Å². The van der Waals surface area contributed by atoms with Gasteiger partial charge in [0.2, 0.25) is 0 Å². The van der Waals surface area contributed by atoms with Crippen molar-refractivity contribution in [1.29, 1.82) is 5.26 Å². The number of nitro benzene ring substituents is 1. The lowest BCUT2D eigenvalue weighted by atomic mass is 9.77. The van der Waals surface area contributed by atoms with E-state index in [-0.39, 0.29) is 5.69 Å². The van der Waals surface area contributed by atoms with E-state index in [4.69, 9.17) is 5.26 Å². The molecule has 1 unspecified atom stereocenters. The molecule has 5 heteroatoms. The molecular weight excluding hydrogens is 266 g/mol. The summed E-state index contributed by atoms with van der Waals surface area (Å²) in [6, 6.07) is 14.6. The Kier molecular flexibility index (Phi) is 3.28. The molecule has 0 heterocycles. The third-order valence-corrected chi connectivity index (χ3v) is 3.83. The van der Waals surface area contributed by atoms with Crippen molar-refractivity contribution >= 4 is 11.4 Å². The Morgan fingerprint density at radius 3 is 2.86 bits per heavy atom. The predicted molar refractivity (Wildman–Crippen MR) is 79.2 cm³/mol. The van der Waals surface area contributed by atoms with Gasteiger partial charge >= 0.3 is 0 Å². The maximum absolute atomic E-state index is 10.7. The highest BCUT2D eigenvalue weighted by molar-refractivity contribution is 5.61. The molecular formula is C16H13N3O2. The summed E-state index contributed by atoms with van der Waals surface area (Å²) in [4.78, 5) is 10.2. The Morgan fingerprint density at radius 1 is 1.33 bits per heavy atom. The smallest absolute Gasteiger partial charge is 0.270 e. The van der Waals surface area contributed by atoms with Crippen molar-refractivity contribution in [3.8, 4) is 6.07 Å². The van der Waals surface area contributed by atoms with Crippen LogP contribution >= 0.6 is 0 Å². The first-order chi connectivity index (χ1) is 10.2. The van der Waals surface area contributed by atoms with Gasteiger partial charge in [-0.3, -0.25) is 10.1 Å². The highest BCUT2D eigenvalue weighted by Gasteiger charge is 2.25. The Bertz CT molecular complexity index is 749. The number of hydrogen-bond acceptors (Lipinski definition) is 4. The van der Waals surface area contributed by atoms with Crippen LogP contribution in [0.4, 0.5) is 11.4 Å². The number of nitriles is 1. The van der Waals surface area contributed by atoms with Crippen LogP contribution in [0, 0.1) is 21.4 Å². The van der Waals surface area contributed by atoms with Gasteiger partial charge in [-0.15, -0.1) is 0 Å². The van der Waals surface area contributed by atoms with Crippen molar-refractivity contribution in [2.24, 2.45) is 0 Å². The minimum Gasteiger partial charge on any atom is -0.383 e. The van der Waals surface area contributed by atoms with Crippen molar-refractivity contribution in [1.82, 2.24) is 0 Å². The average Bonchev–Trinajstić information content (AvgIpc) is 2.48. The molecule has 0 bridgehead atoms. The molecule has 5 nitrogen and oxygen atoms in total. The molecule has 1 aliphatic rings. The zero-order valence-electron chi connectivity index (χ0n) is 11.2. The minimum absolute atomic E-state index is 0.0638. The summed E-state index contributed by atoms with van der Waals surface area (Å²) >= 11 is 0. The zero-order chi connectivity index (χ0) is 14.8. The summed E-state index contributed by atoms with van der Waals surface area (Å²) in [7, 11) is 0. The van der Waals surface area contributed by atoms with Gasteiger partial charge in [-0.2, -0.15) is 5.26 Å². The summed E-state index contributed by atoms with van der Waals surface area (Å²) in [5.41, 5.74) is 3.59. The highest BCUT2D eigenvalue weighted by Crippen LogP contribution is 2.35. The molecule has 0 saturated carbocycles. The van der Waals surface area contributed by atoms with Gasteiger partial charge in [0.1, 0.15) is 6.07 Å². The zero-order valence-corrected chi connectivity index (χ0v) is 11.2. The van der Waals surface area contributed by atoms with Gasteiger partial charge < -0.3 is 5.32 Å². The fraction of sp³-hybridized carbons (Fsp3) is 0.188. The van der Waals surface area contributed by atoms with Gasteiger partial charge in [0, 0.05) is 24.6 Å². The molecule has 0 amide bonds. The fourth-order valence-electron chi connectivity index (χ4n) is 2.67. The lowest BCUT2D eigenvalue weighted by Gasteiger charge is -2.30. The van der Waals surface area contributed by atoms with Crippen LogP contribution < -0.4 is 5.32 Å². The van der Waals surface area contributed by atoms with Crippen LogP contribution in [-0.2, 0) is 6.42 Å². The number of nitrogens with one attached hydrogen (secondary N) is 1. The molecule has 1 aliphatic carbocycles. The minimum atomic E-state index is -0.493. The van der Waals surface area contributed by atoms with Gasteiger partial charge in [-0.25, -0.2) is 0 Å². The lowest BCUT2D eigenvalue weighted by Crippen LogP contribution is -2.24. The molecule has 0 radical (unpaired) electrons. The molecule has 2 aromatic carbocycles. The molecule has 1 N–H and O–H groups in total. The van der Waals surface area contributed by atoms with E-state index in [1.54, 1.807) is 6.07 Å². The topological polar surface area (TPSA) is 79.0 Å². The van der Waals surface area contributed by atoms with Crippen LogP contribution in [0.2, 0.25) is 0 Å². The number of hydrogen-bond donors (Lipinski definition) is 1. The van der Waals surface area contributed by atoms with E-state index in [1.165, 1.54) is 23.3 Å². The van der Waals surface area contributed by atoms with E-state index in [1.807, 2.05) is 18.2 Å². The fourth-order valence-corrected chi connectivity index (χ4v) is 2.67.